The molecule has 3 aliphatic rings. The van der Waals surface area contributed by atoms with Crippen molar-refractivity contribution >= 4 is 5.91 Å². The SMILES string of the molecule is CC(=O)N[C@H]1C[C@@H](N)[C@H](O)[C@@H](O[C@H]2O[C@H](CO)[C@@H](O)[C@H]2O)[C@@H]1O[C@H]1O[C@H](CN)[C@@H](O)[C@H](O)[C@H]1N. The van der Waals surface area contributed by atoms with Gasteiger partial charge in [-0.1, -0.05) is 0 Å². The fourth-order valence-electron chi connectivity index (χ4n) is 4.52. The highest BCUT2D eigenvalue weighted by Crippen LogP contribution is 2.32. The minimum Gasteiger partial charge on any atom is -0.394 e. The first-order valence-corrected chi connectivity index (χ1v) is 11.1. The maximum atomic E-state index is 11.8. The molecule has 1 amide bonds. The van der Waals surface area contributed by atoms with Gasteiger partial charge in [-0.15, -0.1) is 0 Å². The molecule has 14 atom stereocenters. The Labute approximate surface area is 195 Å². The Morgan fingerprint density at radius 2 is 1.50 bits per heavy atom. The zero-order valence-corrected chi connectivity index (χ0v) is 18.7. The van der Waals surface area contributed by atoms with Crippen LogP contribution in [0.25, 0.3) is 0 Å². The first kappa shape index (κ1) is 27.5. The molecule has 3 rings (SSSR count). The normalized spacial score (nSPS) is 49.7. The Morgan fingerprint density at radius 1 is 0.912 bits per heavy atom. The molecule has 1 aliphatic carbocycles. The summed E-state index contributed by atoms with van der Waals surface area (Å²) in [5.74, 6) is -0.432. The fourth-order valence-corrected chi connectivity index (χ4v) is 4.52. The Kier molecular flexibility index (Phi) is 9.18. The van der Waals surface area contributed by atoms with Gasteiger partial charge in [0.2, 0.25) is 5.91 Å². The van der Waals surface area contributed by atoms with Crippen molar-refractivity contribution in [1.82, 2.24) is 5.32 Å². The number of carbonyl (C=O) groups excluding carboxylic acids is 1. The average Bonchev–Trinajstić information content (AvgIpc) is 3.06. The molecule has 3 fully saturated rings. The lowest BCUT2D eigenvalue weighted by atomic mass is 9.83. The number of aliphatic hydroxyl groups excluding tert-OH is 6. The van der Waals surface area contributed by atoms with Crippen LogP contribution in [0.1, 0.15) is 13.3 Å². The van der Waals surface area contributed by atoms with Gasteiger partial charge >= 0.3 is 0 Å². The second kappa shape index (κ2) is 11.3. The van der Waals surface area contributed by atoms with Gasteiger partial charge in [0.15, 0.2) is 12.6 Å². The molecule has 0 spiro atoms. The average molecular weight is 497 g/mol. The van der Waals surface area contributed by atoms with Crippen LogP contribution >= 0.6 is 0 Å². The summed E-state index contributed by atoms with van der Waals surface area (Å²) in [7, 11) is 0. The number of hydrogen-bond donors (Lipinski definition) is 10. The molecular formula is C19H36N4O11. The van der Waals surface area contributed by atoms with E-state index in [1.54, 1.807) is 0 Å². The second-order valence-electron chi connectivity index (χ2n) is 8.94. The zero-order chi connectivity index (χ0) is 25.3. The Hall–Kier alpha value is -1.05. The Balaban J connectivity index is 1.87. The molecule has 198 valence electrons. The van der Waals surface area contributed by atoms with E-state index in [2.05, 4.69) is 5.32 Å². The molecule has 0 unspecified atom stereocenters. The number of amides is 1. The van der Waals surface area contributed by atoms with Gasteiger partial charge in [0.1, 0.15) is 48.8 Å². The van der Waals surface area contributed by atoms with Crippen molar-refractivity contribution < 1.29 is 54.4 Å². The van der Waals surface area contributed by atoms with E-state index in [9.17, 15) is 35.4 Å². The second-order valence-corrected chi connectivity index (χ2v) is 8.94. The van der Waals surface area contributed by atoms with Gasteiger partial charge in [0.05, 0.1) is 24.8 Å². The number of nitrogens with one attached hydrogen (secondary N) is 1. The summed E-state index contributed by atoms with van der Waals surface area (Å²) in [6.45, 7) is 0.522. The van der Waals surface area contributed by atoms with Crippen LogP contribution in [0, 0.1) is 0 Å². The number of aliphatic hydroxyl groups is 6. The molecular weight excluding hydrogens is 460 g/mol. The fraction of sp³-hybridized carbons (Fsp3) is 0.947. The lowest BCUT2D eigenvalue weighted by Gasteiger charge is -2.48. The van der Waals surface area contributed by atoms with Crippen molar-refractivity contribution in [3.8, 4) is 0 Å². The third-order valence-electron chi connectivity index (χ3n) is 6.47. The highest BCUT2D eigenvalue weighted by Gasteiger charge is 2.52. The maximum absolute atomic E-state index is 11.8. The molecule has 0 aromatic rings. The largest absolute Gasteiger partial charge is 0.394 e. The summed E-state index contributed by atoms with van der Waals surface area (Å²) in [6.07, 6.45) is -14.6. The van der Waals surface area contributed by atoms with Gasteiger partial charge in [-0.05, 0) is 6.42 Å². The minimum absolute atomic E-state index is 0.0642. The Morgan fingerprint density at radius 3 is 2.06 bits per heavy atom. The van der Waals surface area contributed by atoms with Crippen molar-refractivity contribution in [2.24, 2.45) is 17.2 Å². The molecule has 13 N–H and O–H groups in total. The van der Waals surface area contributed by atoms with Gasteiger partial charge < -0.3 is 72.1 Å². The van der Waals surface area contributed by atoms with Gasteiger partial charge in [0.25, 0.3) is 0 Å². The third kappa shape index (κ3) is 5.52. The van der Waals surface area contributed by atoms with E-state index in [4.69, 9.17) is 36.1 Å². The van der Waals surface area contributed by atoms with Gasteiger partial charge in [-0.2, -0.15) is 0 Å². The van der Waals surface area contributed by atoms with E-state index in [0.717, 1.165) is 0 Å². The van der Waals surface area contributed by atoms with E-state index in [1.165, 1.54) is 6.92 Å². The first-order valence-electron chi connectivity index (χ1n) is 11.1. The summed E-state index contributed by atoms with van der Waals surface area (Å²) in [6, 6.07) is -2.93. The summed E-state index contributed by atoms with van der Waals surface area (Å²) < 4.78 is 22.7. The quantitative estimate of drug-likeness (QED) is 0.157. The Bertz CT molecular complexity index is 691. The van der Waals surface area contributed by atoms with Crippen LogP contribution in [0.2, 0.25) is 0 Å². The van der Waals surface area contributed by atoms with E-state index < -0.39 is 98.2 Å². The molecule has 0 radical (unpaired) electrons. The lowest BCUT2D eigenvalue weighted by Crippen LogP contribution is -2.69. The van der Waals surface area contributed by atoms with Crippen molar-refractivity contribution in [3.63, 3.8) is 0 Å². The lowest BCUT2D eigenvalue weighted by molar-refractivity contribution is -0.307. The van der Waals surface area contributed by atoms with E-state index in [1.807, 2.05) is 0 Å². The molecule has 15 nitrogen and oxygen atoms in total. The number of ether oxygens (including phenoxy) is 4. The minimum atomic E-state index is -1.56. The topological polar surface area (TPSA) is 265 Å². The van der Waals surface area contributed by atoms with Gasteiger partial charge in [-0.25, -0.2) is 0 Å². The van der Waals surface area contributed by atoms with Crippen molar-refractivity contribution in [2.75, 3.05) is 13.2 Å². The zero-order valence-electron chi connectivity index (χ0n) is 18.7. The van der Waals surface area contributed by atoms with E-state index in [0.29, 0.717) is 0 Å². The summed E-state index contributed by atoms with van der Waals surface area (Å²) >= 11 is 0. The third-order valence-corrected chi connectivity index (χ3v) is 6.47. The molecule has 1 saturated carbocycles. The number of hydrogen-bond acceptors (Lipinski definition) is 14. The van der Waals surface area contributed by atoms with Gasteiger partial charge in [-0.3, -0.25) is 4.79 Å². The summed E-state index contributed by atoms with van der Waals surface area (Å²) in [5.41, 5.74) is 17.7. The molecule has 0 bridgehead atoms. The molecule has 34 heavy (non-hydrogen) atoms. The highest BCUT2D eigenvalue weighted by atomic mass is 16.7. The number of rotatable bonds is 7. The van der Waals surface area contributed by atoms with E-state index >= 15 is 0 Å². The van der Waals surface area contributed by atoms with Crippen LogP contribution < -0.4 is 22.5 Å². The van der Waals surface area contributed by atoms with Crippen LogP contribution in [0.15, 0.2) is 0 Å². The predicted octanol–water partition coefficient (Wildman–Crippen LogP) is -6.47. The van der Waals surface area contributed by atoms with Crippen molar-refractivity contribution in [3.05, 3.63) is 0 Å². The highest BCUT2D eigenvalue weighted by molar-refractivity contribution is 5.73. The van der Waals surface area contributed by atoms with Crippen LogP contribution in [0.3, 0.4) is 0 Å². The first-order chi connectivity index (χ1) is 16.0. The molecule has 0 aromatic carbocycles. The maximum Gasteiger partial charge on any atom is 0.217 e. The van der Waals surface area contributed by atoms with Crippen molar-refractivity contribution in [1.29, 1.82) is 0 Å². The number of carbonyl (C=O) groups is 1. The van der Waals surface area contributed by atoms with E-state index in [-0.39, 0.29) is 13.0 Å². The monoisotopic (exact) mass is 496 g/mol. The van der Waals surface area contributed by atoms with Crippen molar-refractivity contribution in [2.45, 2.75) is 99.0 Å². The summed E-state index contributed by atoms with van der Waals surface area (Å²) in [4.78, 5) is 11.8. The molecule has 2 heterocycles. The molecule has 2 aliphatic heterocycles. The van der Waals surface area contributed by atoms with Crippen LogP contribution in [-0.2, 0) is 23.7 Å². The molecule has 0 aromatic heterocycles. The predicted molar refractivity (Wildman–Crippen MR) is 111 cm³/mol. The number of nitrogens with two attached hydrogens (primary N) is 3. The smallest absolute Gasteiger partial charge is 0.217 e. The molecule has 2 saturated heterocycles. The van der Waals surface area contributed by atoms with Crippen LogP contribution in [0.5, 0.6) is 0 Å². The van der Waals surface area contributed by atoms with Gasteiger partial charge in [0, 0.05) is 19.5 Å². The summed E-state index contributed by atoms with van der Waals surface area (Å²) in [5, 5.41) is 63.5. The van der Waals surface area contributed by atoms with Crippen LogP contribution in [0.4, 0.5) is 0 Å². The molecule has 15 heteroatoms. The van der Waals surface area contributed by atoms with Crippen LogP contribution in [-0.4, -0.2) is 135 Å². The standard InChI is InChI=1S/C19H36N4O11/c1-5(25)23-7-2-6(21)11(26)17(34-19-15(30)13(28)9(4-24)32-19)16(7)33-18-10(22)14(29)12(27)8(3-20)31-18/h6-19,24,26-30H,2-4,20-22H2,1H3,(H,23,25)/t6-,7+,8-,9-,10-,11+,12-,13-,14-,15-,16-,17-,18-,19-/m1/s1.